The van der Waals surface area contributed by atoms with Crippen molar-refractivity contribution >= 4 is 23.2 Å². The molecular formula is C23H32N4O4S. The highest BCUT2D eigenvalue weighted by atomic mass is 32.1. The van der Waals surface area contributed by atoms with Crippen molar-refractivity contribution < 1.29 is 19.8 Å². The van der Waals surface area contributed by atoms with E-state index in [1.54, 1.807) is 11.3 Å². The van der Waals surface area contributed by atoms with E-state index < -0.39 is 23.6 Å². The van der Waals surface area contributed by atoms with Gasteiger partial charge in [0.25, 0.3) is 0 Å². The first-order valence-corrected chi connectivity index (χ1v) is 11.6. The largest absolute Gasteiger partial charge is 0.391 e. The highest BCUT2D eigenvalue weighted by Crippen LogP contribution is 2.28. The van der Waals surface area contributed by atoms with Gasteiger partial charge >= 0.3 is 0 Å². The number of β-amino-alcohol motifs (C(OH)–C–C–N with tert-alkyl or cyclic N) is 1. The number of aryl methyl sites for hydroxylation is 1. The Hall–Kier alpha value is -2.33. The Morgan fingerprint density at radius 1 is 1.28 bits per heavy atom. The van der Waals surface area contributed by atoms with Crippen LogP contribution in [0.3, 0.4) is 0 Å². The summed E-state index contributed by atoms with van der Waals surface area (Å²) in [7, 11) is 0. The maximum absolute atomic E-state index is 13.2. The van der Waals surface area contributed by atoms with Gasteiger partial charge in [0.05, 0.1) is 35.0 Å². The van der Waals surface area contributed by atoms with Gasteiger partial charge in [-0.05, 0) is 23.5 Å². The van der Waals surface area contributed by atoms with Crippen molar-refractivity contribution in [2.45, 2.75) is 58.8 Å². The summed E-state index contributed by atoms with van der Waals surface area (Å²) in [6, 6.07) is 6.51. The van der Waals surface area contributed by atoms with E-state index in [-0.39, 0.29) is 31.5 Å². The van der Waals surface area contributed by atoms with Crippen molar-refractivity contribution in [2.75, 3.05) is 13.3 Å². The second-order valence-corrected chi connectivity index (χ2v) is 10.1. The van der Waals surface area contributed by atoms with E-state index >= 15 is 0 Å². The molecular weight excluding hydrogens is 428 g/mol. The molecule has 3 atom stereocenters. The monoisotopic (exact) mass is 460 g/mol. The van der Waals surface area contributed by atoms with Gasteiger partial charge in [0, 0.05) is 19.5 Å². The number of likely N-dealkylation sites (tertiary alicyclic amines) is 1. The highest BCUT2D eigenvalue weighted by molar-refractivity contribution is 7.13. The number of aliphatic hydroxyl groups is 2. The smallest absolute Gasteiger partial charge is 0.243 e. The predicted octanol–water partition coefficient (Wildman–Crippen LogP) is 1.65. The molecule has 0 radical (unpaired) electrons. The third kappa shape index (κ3) is 5.53. The second-order valence-electron chi connectivity index (χ2n) is 9.24. The predicted molar refractivity (Wildman–Crippen MR) is 124 cm³/mol. The van der Waals surface area contributed by atoms with Gasteiger partial charge < -0.3 is 20.4 Å². The first-order valence-electron chi connectivity index (χ1n) is 10.7. The van der Waals surface area contributed by atoms with Crippen LogP contribution in [0.5, 0.6) is 0 Å². The molecule has 2 aromatic rings. The molecule has 1 unspecified atom stereocenters. The second kappa shape index (κ2) is 10.1. The zero-order valence-electron chi connectivity index (χ0n) is 19.0. The van der Waals surface area contributed by atoms with Gasteiger partial charge in [-0.25, -0.2) is 4.98 Å². The van der Waals surface area contributed by atoms with E-state index in [0.717, 1.165) is 21.7 Å². The van der Waals surface area contributed by atoms with Gasteiger partial charge in [0.15, 0.2) is 0 Å². The number of nitrogens with zero attached hydrogens (tertiary/aromatic N) is 2. The van der Waals surface area contributed by atoms with Crippen LogP contribution >= 0.6 is 11.3 Å². The summed E-state index contributed by atoms with van der Waals surface area (Å²) in [6.45, 7) is 7.71. The van der Waals surface area contributed by atoms with Crippen LogP contribution in [-0.4, -0.2) is 63.4 Å². The molecule has 1 aromatic heterocycles. The number of carbonyl (C=O) groups excluding carboxylic acids is 2. The molecule has 1 saturated heterocycles. The lowest BCUT2D eigenvalue weighted by Crippen LogP contribution is -2.56. The lowest BCUT2D eigenvalue weighted by Gasteiger charge is -2.35. The Labute approximate surface area is 192 Å². The van der Waals surface area contributed by atoms with Crippen LogP contribution in [0.2, 0.25) is 0 Å². The Balaban J connectivity index is 1.65. The molecule has 1 aromatic carbocycles. The summed E-state index contributed by atoms with van der Waals surface area (Å²) in [6.07, 6.45) is -0.566. The van der Waals surface area contributed by atoms with Crippen molar-refractivity contribution in [3.8, 4) is 10.4 Å². The third-order valence-corrected chi connectivity index (χ3v) is 6.68. The van der Waals surface area contributed by atoms with Crippen LogP contribution in [0.15, 0.2) is 29.8 Å². The van der Waals surface area contributed by atoms with E-state index in [2.05, 4.69) is 15.6 Å². The maximum atomic E-state index is 13.2. The summed E-state index contributed by atoms with van der Waals surface area (Å²) in [5, 5.41) is 25.2. The van der Waals surface area contributed by atoms with Crippen molar-refractivity contribution in [3.05, 3.63) is 41.0 Å². The molecule has 1 aliphatic rings. The van der Waals surface area contributed by atoms with Crippen molar-refractivity contribution in [1.29, 1.82) is 0 Å². The van der Waals surface area contributed by atoms with Gasteiger partial charge in [-0.3, -0.25) is 14.9 Å². The lowest BCUT2D eigenvalue weighted by atomic mass is 9.85. The molecule has 0 saturated carbocycles. The van der Waals surface area contributed by atoms with Gasteiger partial charge in [-0.15, -0.1) is 11.3 Å². The standard InChI is InChI=1S/C23H32N4O4S/c1-14-19(32-13-26-14)16-7-5-15(6-8-16)10-24-21(30)18-9-17(29)11-27(18)22(31)20(25-12-28)23(2,3)4/h5-8,13,17-18,20,25,28-29H,9-12H2,1-4H3,(H,24,30)/t17-,18+,20?/m1/s1. The van der Waals surface area contributed by atoms with Crippen LogP contribution in [0.25, 0.3) is 10.4 Å². The lowest BCUT2D eigenvalue weighted by molar-refractivity contribution is -0.142. The molecule has 8 nitrogen and oxygen atoms in total. The van der Waals surface area contributed by atoms with E-state index in [1.807, 2.05) is 57.5 Å². The molecule has 0 spiro atoms. The van der Waals surface area contributed by atoms with E-state index in [0.29, 0.717) is 6.54 Å². The number of hydrogen-bond donors (Lipinski definition) is 4. The number of amides is 2. The highest BCUT2D eigenvalue weighted by Gasteiger charge is 2.43. The van der Waals surface area contributed by atoms with Crippen LogP contribution in [-0.2, 0) is 16.1 Å². The summed E-state index contributed by atoms with van der Waals surface area (Å²) >= 11 is 1.59. The molecule has 4 N–H and O–H groups in total. The summed E-state index contributed by atoms with van der Waals surface area (Å²) in [4.78, 5) is 32.9. The molecule has 0 bridgehead atoms. The fraction of sp³-hybridized carbons (Fsp3) is 0.522. The molecule has 174 valence electrons. The zero-order chi connectivity index (χ0) is 23.5. The fourth-order valence-electron chi connectivity index (χ4n) is 3.99. The van der Waals surface area contributed by atoms with Crippen molar-refractivity contribution in [3.63, 3.8) is 0 Å². The molecule has 2 amide bonds. The van der Waals surface area contributed by atoms with Crippen LogP contribution in [0.1, 0.15) is 38.4 Å². The van der Waals surface area contributed by atoms with Gasteiger partial charge in [0.1, 0.15) is 6.04 Å². The Morgan fingerprint density at radius 2 is 1.97 bits per heavy atom. The average Bonchev–Trinajstić information content (AvgIpc) is 3.35. The minimum Gasteiger partial charge on any atom is -0.391 e. The molecule has 1 aliphatic heterocycles. The van der Waals surface area contributed by atoms with Crippen LogP contribution in [0, 0.1) is 12.3 Å². The number of carbonyl (C=O) groups is 2. The Morgan fingerprint density at radius 3 is 2.53 bits per heavy atom. The molecule has 3 rings (SSSR count). The van der Waals surface area contributed by atoms with Crippen molar-refractivity contribution in [2.24, 2.45) is 5.41 Å². The SMILES string of the molecule is Cc1ncsc1-c1ccc(CNC(=O)[C@@H]2C[C@@H](O)CN2C(=O)C(NCO)C(C)(C)C)cc1. The minimum atomic E-state index is -0.758. The van der Waals surface area contributed by atoms with Crippen molar-refractivity contribution in [1.82, 2.24) is 20.5 Å². The topological polar surface area (TPSA) is 115 Å². The molecule has 1 fully saturated rings. The van der Waals surface area contributed by atoms with E-state index in [4.69, 9.17) is 0 Å². The number of thiazole rings is 1. The fourth-order valence-corrected chi connectivity index (χ4v) is 4.80. The number of aromatic nitrogens is 1. The van der Waals surface area contributed by atoms with Crippen LogP contribution in [0.4, 0.5) is 0 Å². The zero-order valence-corrected chi connectivity index (χ0v) is 19.8. The van der Waals surface area contributed by atoms with E-state index in [9.17, 15) is 19.8 Å². The maximum Gasteiger partial charge on any atom is 0.243 e. The van der Waals surface area contributed by atoms with Gasteiger partial charge in [0.2, 0.25) is 11.8 Å². The molecule has 0 aliphatic carbocycles. The summed E-state index contributed by atoms with van der Waals surface area (Å²) < 4.78 is 0. The first kappa shape index (κ1) is 24.3. The Kier molecular flexibility index (Phi) is 7.66. The number of aliphatic hydroxyl groups excluding tert-OH is 2. The molecule has 9 heteroatoms. The van der Waals surface area contributed by atoms with Gasteiger partial charge in [-0.1, -0.05) is 45.0 Å². The summed E-state index contributed by atoms with van der Waals surface area (Å²) in [5.74, 6) is -0.596. The quantitative estimate of drug-likeness (QED) is 0.467. The average molecular weight is 461 g/mol. The third-order valence-electron chi connectivity index (χ3n) is 5.70. The molecule has 2 heterocycles. The number of nitrogens with one attached hydrogen (secondary N) is 2. The molecule has 32 heavy (non-hydrogen) atoms. The number of rotatable bonds is 7. The first-order chi connectivity index (χ1) is 15.1. The number of benzene rings is 1. The normalized spacial score (nSPS) is 19.8. The minimum absolute atomic E-state index is 0.0967. The van der Waals surface area contributed by atoms with Crippen LogP contribution < -0.4 is 10.6 Å². The van der Waals surface area contributed by atoms with Gasteiger partial charge in [-0.2, -0.15) is 0 Å². The number of hydrogen-bond acceptors (Lipinski definition) is 7. The van der Waals surface area contributed by atoms with E-state index in [1.165, 1.54) is 4.90 Å². The Bertz CT molecular complexity index is 938. The summed E-state index contributed by atoms with van der Waals surface area (Å²) in [5.41, 5.74) is 4.37.